The minimum absolute atomic E-state index is 0.0440. The standard InChI is InChI=1S/C15H20N2O2/c1-4-19-15(2,3)11-17-14(18)9-12-5-7-13(10-16)8-6-12/h5-8H,4,9,11H2,1-3H3,(H,17,18). The van der Waals surface area contributed by atoms with E-state index in [9.17, 15) is 4.79 Å². The van der Waals surface area contributed by atoms with Crippen LogP contribution in [0.25, 0.3) is 0 Å². The van der Waals surface area contributed by atoms with Crippen LogP contribution in [0, 0.1) is 11.3 Å². The Hall–Kier alpha value is -1.86. The van der Waals surface area contributed by atoms with Crippen molar-refractivity contribution in [3.8, 4) is 6.07 Å². The molecule has 0 aliphatic rings. The number of amides is 1. The van der Waals surface area contributed by atoms with Crippen molar-refractivity contribution < 1.29 is 9.53 Å². The fraction of sp³-hybridized carbons (Fsp3) is 0.467. The summed E-state index contributed by atoms with van der Waals surface area (Å²) in [6.07, 6.45) is 0.313. The largest absolute Gasteiger partial charge is 0.374 e. The average Bonchev–Trinajstić information content (AvgIpc) is 2.37. The summed E-state index contributed by atoms with van der Waals surface area (Å²) in [5.41, 5.74) is 1.14. The minimum Gasteiger partial charge on any atom is -0.374 e. The van der Waals surface area contributed by atoms with Gasteiger partial charge in [0.25, 0.3) is 0 Å². The van der Waals surface area contributed by atoms with E-state index in [1.54, 1.807) is 24.3 Å². The van der Waals surface area contributed by atoms with Crippen molar-refractivity contribution in [1.82, 2.24) is 5.32 Å². The van der Waals surface area contributed by atoms with E-state index in [-0.39, 0.29) is 11.5 Å². The lowest BCUT2D eigenvalue weighted by atomic mass is 10.1. The van der Waals surface area contributed by atoms with Crippen LogP contribution < -0.4 is 5.32 Å². The molecule has 4 heteroatoms. The second kappa shape index (κ2) is 6.91. The second-order valence-electron chi connectivity index (χ2n) is 4.95. The van der Waals surface area contributed by atoms with Gasteiger partial charge >= 0.3 is 0 Å². The van der Waals surface area contributed by atoms with Gasteiger partial charge < -0.3 is 10.1 Å². The van der Waals surface area contributed by atoms with E-state index in [1.165, 1.54) is 0 Å². The molecule has 1 amide bonds. The van der Waals surface area contributed by atoms with Crippen LogP contribution in [0.15, 0.2) is 24.3 Å². The van der Waals surface area contributed by atoms with Gasteiger partial charge in [-0.05, 0) is 38.5 Å². The zero-order valence-electron chi connectivity index (χ0n) is 11.7. The Labute approximate surface area is 114 Å². The maximum atomic E-state index is 11.8. The number of benzene rings is 1. The zero-order chi connectivity index (χ0) is 14.3. The SMILES string of the molecule is CCOC(C)(C)CNC(=O)Cc1ccc(C#N)cc1. The summed E-state index contributed by atoms with van der Waals surface area (Å²) in [4.78, 5) is 11.8. The van der Waals surface area contributed by atoms with Crippen molar-refractivity contribution in [2.24, 2.45) is 0 Å². The molecule has 4 nitrogen and oxygen atoms in total. The van der Waals surface area contributed by atoms with Crippen molar-refractivity contribution in [1.29, 1.82) is 5.26 Å². The smallest absolute Gasteiger partial charge is 0.224 e. The van der Waals surface area contributed by atoms with Gasteiger partial charge in [-0.15, -0.1) is 0 Å². The number of nitrogens with one attached hydrogen (secondary N) is 1. The summed E-state index contributed by atoms with van der Waals surface area (Å²) < 4.78 is 5.51. The van der Waals surface area contributed by atoms with E-state index >= 15 is 0 Å². The fourth-order valence-corrected chi connectivity index (χ4v) is 1.70. The molecule has 1 aromatic rings. The van der Waals surface area contributed by atoms with Gasteiger partial charge in [-0.1, -0.05) is 12.1 Å². The molecule has 0 aromatic heterocycles. The summed E-state index contributed by atoms with van der Waals surface area (Å²) in [6, 6.07) is 9.07. The van der Waals surface area contributed by atoms with E-state index in [0.29, 0.717) is 25.1 Å². The molecular formula is C15H20N2O2. The molecule has 0 heterocycles. The lowest BCUT2D eigenvalue weighted by Gasteiger charge is -2.24. The number of nitriles is 1. The van der Waals surface area contributed by atoms with Gasteiger partial charge in [0.2, 0.25) is 5.91 Å². The molecule has 0 fully saturated rings. The van der Waals surface area contributed by atoms with Crippen LogP contribution in [-0.4, -0.2) is 24.7 Å². The Morgan fingerprint density at radius 3 is 2.53 bits per heavy atom. The molecular weight excluding hydrogens is 240 g/mol. The van der Waals surface area contributed by atoms with E-state index in [2.05, 4.69) is 5.32 Å². The summed E-state index contributed by atoms with van der Waals surface area (Å²) in [7, 11) is 0. The van der Waals surface area contributed by atoms with Crippen molar-refractivity contribution in [3.05, 3.63) is 35.4 Å². The highest BCUT2D eigenvalue weighted by Gasteiger charge is 2.18. The number of carbonyl (C=O) groups excluding carboxylic acids is 1. The molecule has 1 rings (SSSR count). The predicted octanol–water partition coefficient (Wildman–Crippen LogP) is 2.03. The number of carbonyl (C=O) groups is 1. The minimum atomic E-state index is -0.352. The van der Waals surface area contributed by atoms with Gasteiger partial charge in [-0.25, -0.2) is 0 Å². The number of ether oxygens (including phenoxy) is 1. The highest BCUT2D eigenvalue weighted by atomic mass is 16.5. The maximum Gasteiger partial charge on any atom is 0.224 e. The molecule has 19 heavy (non-hydrogen) atoms. The number of rotatable bonds is 6. The third kappa shape index (κ3) is 5.54. The average molecular weight is 260 g/mol. The summed E-state index contributed by atoms with van der Waals surface area (Å²) >= 11 is 0. The number of nitrogens with zero attached hydrogens (tertiary/aromatic N) is 1. The Morgan fingerprint density at radius 2 is 2.00 bits per heavy atom. The van der Waals surface area contributed by atoms with Crippen LogP contribution in [0.2, 0.25) is 0 Å². The molecule has 0 aliphatic heterocycles. The monoisotopic (exact) mass is 260 g/mol. The van der Waals surface area contributed by atoms with E-state index in [4.69, 9.17) is 10.00 Å². The molecule has 102 valence electrons. The first-order valence-corrected chi connectivity index (χ1v) is 6.36. The van der Waals surface area contributed by atoms with Crippen molar-refractivity contribution in [2.45, 2.75) is 32.8 Å². The second-order valence-corrected chi connectivity index (χ2v) is 4.95. The van der Waals surface area contributed by atoms with Crippen LogP contribution in [0.4, 0.5) is 0 Å². The molecule has 0 saturated heterocycles. The van der Waals surface area contributed by atoms with Crippen LogP contribution in [0.1, 0.15) is 31.9 Å². The molecule has 1 aromatic carbocycles. The molecule has 0 aliphatic carbocycles. The Bertz CT molecular complexity index is 458. The van der Waals surface area contributed by atoms with Crippen molar-refractivity contribution >= 4 is 5.91 Å². The Kier molecular flexibility index (Phi) is 5.53. The third-order valence-electron chi connectivity index (χ3n) is 2.69. The van der Waals surface area contributed by atoms with Crippen molar-refractivity contribution in [2.75, 3.05) is 13.2 Å². The Balaban J connectivity index is 2.45. The van der Waals surface area contributed by atoms with E-state index < -0.39 is 0 Å². The molecule has 1 N–H and O–H groups in total. The van der Waals surface area contributed by atoms with Gasteiger partial charge in [-0.3, -0.25) is 4.79 Å². The maximum absolute atomic E-state index is 11.8. The van der Waals surface area contributed by atoms with E-state index in [0.717, 1.165) is 5.56 Å². The topological polar surface area (TPSA) is 62.1 Å². The number of hydrogen-bond donors (Lipinski definition) is 1. The fourth-order valence-electron chi connectivity index (χ4n) is 1.70. The predicted molar refractivity (Wildman–Crippen MR) is 73.6 cm³/mol. The first-order chi connectivity index (χ1) is 8.96. The van der Waals surface area contributed by atoms with Gasteiger partial charge in [0, 0.05) is 13.2 Å². The van der Waals surface area contributed by atoms with Crippen LogP contribution in [0.3, 0.4) is 0 Å². The van der Waals surface area contributed by atoms with E-state index in [1.807, 2.05) is 26.8 Å². The Morgan fingerprint density at radius 1 is 1.37 bits per heavy atom. The van der Waals surface area contributed by atoms with Crippen LogP contribution in [0.5, 0.6) is 0 Å². The zero-order valence-corrected chi connectivity index (χ0v) is 11.7. The summed E-state index contributed by atoms with van der Waals surface area (Å²) in [5, 5.41) is 11.5. The lowest BCUT2D eigenvalue weighted by Crippen LogP contribution is -2.41. The third-order valence-corrected chi connectivity index (χ3v) is 2.69. The molecule has 0 bridgehead atoms. The number of hydrogen-bond acceptors (Lipinski definition) is 3. The van der Waals surface area contributed by atoms with Gasteiger partial charge in [0.1, 0.15) is 0 Å². The highest BCUT2D eigenvalue weighted by molar-refractivity contribution is 5.78. The van der Waals surface area contributed by atoms with Gasteiger partial charge in [0.15, 0.2) is 0 Å². The normalized spacial score (nSPS) is 10.8. The van der Waals surface area contributed by atoms with Crippen LogP contribution in [-0.2, 0) is 16.0 Å². The first-order valence-electron chi connectivity index (χ1n) is 6.36. The molecule has 0 unspecified atom stereocenters. The van der Waals surface area contributed by atoms with Gasteiger partial charge in [0.05, 0.1) is 23.7 Å². The van der Waals surface area contributed by atoms with Crippen molar-refractivity contribution in [3.63, 3.8) is 0 Å². The molecule has 0 atom stereocenters. The lowest BCUT2D eigenvalue weighted by molar-refractivity contribution is -0.122. The first kappa shape index (κ1) is 15.2. The van der Waals surface area contributed by atoms with Gasteiger partial charge in [-0.2, -0.15) is 5.26 Å². The summed E-state index contributed by atoms with van der Waals surface area (Å²) in [6.45, 7) is 6.92. The van der Waals surface area contributed by atoms with Crippen LogP contribution >= 0.6 is 0 Å². The quantitative estimate of drug-likeness (QED) is 0.851. The highest BCUT2D eigenvalue weighted by Crippen LogP contribution is 2.08. The molecule has 0 saturated carbocycles. The summed E-state index contributed by atoms with van der Waals surface area (Å²) in [5.74, 6) is -0.0440. The molecule has 0 radical (unpaired) electrons. The molecule has 0 spiro atoms.